The van der Waals surface area contributed by atoms with E-state index in [1.807, 2.05) is 0 Å². The second kappa shape index (κ2) is 40.9. The van der Waals surface area contributed by atoms with Gasteiger partial charge < -0.3 is 45.4 Å². The molecular weight excluding hydrogens is 759 g/mol. The Morgan fingerprint density at radius 1 is 0.517 bits per heavy atom. The molecule has 0 aromatic carbocycles. The second-order valence-electron chi connectivity index (χ2n) is 18.5. The van der Waals surface area contributed by atoms with Gasteiger partial charge in [0.2, 0.25) is 5.91 Å². The van der Waals surface area contributed by atoms with Crippen molar-refractivity contribution in [1.82, 2.24) is 5.32 Å². The highest BCUT2D eigenvalue weighted by Crippen LogP contribution is 2.23. The molecule has 10 nitrogen and oxygen atoms in total. The largest absolute Gasteiger partial charge is 0.394 e. The third kappa shape index (κ3) is 30.3. The van der Waals surface area contributed by atoms with Gasteiger partial charge in [-0.3, -0.25) is 4.79 Å². The Morgan fingerprint density at radius 3 is 1.23 bits per heavy atom. The minimum Gasteiger partial charge on any atom is -0.394 e. The number of unbranched alkanes of at least 4 members (excludes halogenated alkanes) is 33. The van der Waals surface area contributed by atoms with E-state index >= 15 is 0 Å². The zero-order valence-corrected chi connectivity index (χ0v) is 39.1. The molecule has 0 radical (unpaired) electrons. The molecule has 1 heterocycles. The number of aliphatic hydroxyl groups is 6. The summed E-state index contributed by atoms with van der Waals surface area (Å²) < 4.78 is 11.2. The van der Waals surface area contributed by atoms with Crippen LogP contribution < -0.4 is 5.32 Å². The van der Waals surface area contributed by atoms with Crippen LogP contribution in [0, 0.1) is 0 Å². The number of aliphatic hydroxyl groups excluding tert-OH is 6. The SMILES string of the molecule is CCCCCCCCCCCCCCCCCCCCCCCCCC(=O)N[C@H](CO[C@H]1O[C@H](CO)[C@H](O)[C@H](O)[C@H]1O)[C@@H](O)[C@H](O)CCCCCCCCCCCCCC. The lowest BCUT2D eigenvalue weighted by Gasteiger charge is -2.40. The maximum Gasteiger partial charge on any atom is 0.220 e. The summed E-state index contributed by atoms with van der Waals surface area (Å²) in [7, 11) is 0. The summed E-state index contributed by atoms with van der Waals surface area (Å²) >= 11 is 0. The summed E-state index contributed by atoms with van der Waals surface area (Å²) in [6.45, 7) is 3.63. The van der Waals surface area contributed by atoms with Gasteiger partial charge in [-0.25, -0.2) is 0 Å². The number of hydrogen-bond acceptors (Lipinski definition) is 9. The monoisotopic (exact) mass is 858 g/mol. The summed E-state index contributed by atoms with van der Waals surface area (Å²) in [6.07, 6.45) is 35.5. The van der Waals surface area contributed by atoms with Crippen LogP contribution in [-0.4, -0.2) is 98.7 Å². The van der Waals surface area contributed by atoms with Crippen LogP contribution in [0.1, 0.15) is 251 Å². The third-order valence-electron chi connectivity index (χ3n) is 12.8. The van der Waals surface area contributed by atoms with Crippen molar-refractivity contribution in [2.24, 2.45) is 0 Å². The number of nitrogens with one attached hydrogen (secondary N) is 1. The fraction of sp³-hybridized carbons (Fsp3) is 0.980. The average molecular weight is 858 g/mol. The molecule has 8 atom stereocenters. The molecule has 1 saturated heterocycles. The molecule has 1 amide bonds. The molecule has 1 aliphatic rings. The van der Waals surface area contributed by atoms with Crippen LogP contribution in [0.25, 0.3) is 0 Å². The Hall–Kier alpha value is -0.850. The van der Waals surface area contributed by atoms with Crippen LogP contribution >= 0.6 is 0 Å². The van der Waals surface area contributed by atoms with Crippen molar-refractivity contribution in [3.8, 4) is 0 Å². The Balaban J connectivity index is 2.26. The normalized spacial score (nSPS) is 21.0. The minimum atomic E-state index is -1.60. The Bertz CT molecular complexity index is 926. The number of rotatable bonds is 44. The van der Waals surface area contributed by atoms with Gasteiger partial charge >= 0.3 is 0 Å². The van der Waals surface area contributed by atoms with Crippen LogP contribution in [0.4, 0.5) is 0 Å². The molecule has 10 heteroatoms. The molecule has 358 valence electrons. The number of carbonyl (C=O) groups excluding carboxylic acids is 1. The van der Waals surface area contributed by atoms with Crippen LogP contribution in [0.3, 0.4) is 0 Å². The zero-order chi connectivity index (χ0) is 43.9. The molecule has 0 aromatic rings. The summed E-state index contributed by atoms with van der Waals surface area (Å²) in [6, 6.07) is -0.985. The van der Waals surface area contributed by atoms with Gasteiger partial charge in [0.1, 0.15) is 30.5 Å². The van der Waals surface area contributed by atoms with Gasteiger partial charge in [0.25, 0.3) is 0 Å². The molecule has 1 aliphatic heterocycles. The Labute approximate surface area is 368 Å². The third-order valence-corrected chi connectivity index (χ3v) is 12.8. The molecule has 0 aromatic heterocycles. The zero-order valence-electron chi connectivity index (χ0n) is 39.1. The highest BCUT2D eigenvalue weighted by Gasteiger charge is 2.44. The summed E-state index contributed by atoms with van der Waals surface area (Å²) in [5.74, 6) is -0.252. The molecule has 0 bridgehead atoms. The molecule has 7 N–H and O–H groups in total. The molecule has 0 spiro atoms. The molecule has 0 unspecified atom stereocenters. The van der Waals surface area contributed by atoms with E-state index in [0.717, 1.165) is 38.5 Å². The van der Waals surface area contributed by atoms with E-state index < -0.39 is 55.6 Å². The van der Waals surface area contributed by atoms with E-state index in [2.05, 4.69) is 19.2 Å². The molecule has 1 fully saturated rings. The number of amides is 1. The summed E-state index contributed by atoms with van der Waals surface area (Å²) in [5, 5.41) is 65.3. The second-order valence-corrected chi connectivity index (χ2v) is 18.5. The van der Waals surface area contributed by atoms with Gasteiger partial charge in [-0.1, -0.05) is 232 Å². The van der Waals surface area contributed by atoms with Crippen molar-refractivity contribution in [2.75, 3.05) is 13.2 Å². The first-order valence-corrected chi connectivity index (χ1v) is 25.8. The summed E-state index contributed by atoms with van der Waals surface area (Å²) in [4.78, 5) is 13.0. The van der Waals surface area contributed by atoms with Gasteiger partial charge in [-0.15, -0.1) is 0 Å². The van der Waals surface area contributed by atoms with Crippen LogP contribution in [0.15, 0.2) is 0 Å². The molecule has 60 heavy (non-hydrogen) atoms. The van der Waals surface area contributed by atoms with Gasteiger partial charge in [0.05, 0.1) is 25.4 Å². The average Bonchev–Trinajstić information content (AvgIpc) is 3.25. The Kier molecular flexibility index (Phi) is 39.0. The van der Waals surface area contributed by atoms with Crippen LogP contribution in [0.2, 0.25) is 0 Å². The number of carbonyl (C=O) groups is 1. The van der Waals surface area contributed by atoms with E-state index in [0.29, 0.717) is 6.42 Å². The van der Waals surface area contributed by atoms with E-state index in [4.69, 9.17) is 9.47 Å². The predicted molar refractivity (Wildman–Crippen MR) is 246 cm³/mol. The first-order chi connectivity index (χ1) is 29.3. The number of ether oxygens (including phenoxy) is 2. The van der Waals surface area contributed by atoms with Crippen molar-refractivity contribution in [2.45, 2.75) is 300 Å². The highest BCUT2D eigenvalue weighted by atomic mass is 16.7. The van der Waals surface area contributed by atoms with Crippen molar-refractivity contribution in [3.63, 3.8) is 0 Å². The van der Waals surface area contributed by atoms with E-state index in [1.165, 1.54) is 186 Å². The standard InChI is InChI=1S/C50H99NO9/c1-3-5-7-9-11-13-15-17-18-19-20-21-22-23-24-25-26-27-29-31-33-35-37-39-45(54)51-42(41-59-50-49(58)48(57)47(56)44(40-52)60-50)46(55)43(53)38-36-34-32-30-28-16-14-12-10-8-6-4-2/h42-44,46-50,52-53,55-58H,3-41H2,1-2H3,(H,51,54)/t42-,43-,44-,46-,47+,48+,49-,50+/m1/s1. The maximum atomic E-state index is 13.0. The van der Waals surface area contributed by atoms with Gasteiger partial charge in [0.15, 0.2) is 6.29 Å². The lowest BCUT2D eigenvalue weighted by Crippen LogP contribution is -2.60. The highest BCUT2D eigenvalue weighted by molar-refractivity contribution is 5.76. The Morgan fingerprint density at radius 2 is 0.867 bits per heavy atom. The lowest BCUT2D eigenvalue weighted by atomic mass is 9.98. The van der Waals surface area contributed by atoms with Crippen molar-refractivity contribution < 1.29 is 44.9 Å². The van der Waals surface area contributed by atoms with E-state index in [9.17, 15) is 35.4 Å². The lowest BCUT2D eigenvalue weighted by molar-refractivity contribution is -0.303. The molecular formula is C50H99NO9. The van der Waals surface area contributed by atoms with Crippen molar-refractivity contribution in [3.05, 3.63) is 0 Å². The fourth-order valence-electron chi connectivity index (χ4n) is 8.61. The first kappa shape index (κ1) is 57.2. The molecule has 1 rings (SSSR count). The fourth-order valence-corrected chi connectivity index (χ4v) is 8.61. The van der Waals surface area contributed by atoms with E-state index in [-0.39, 0.29) is 18.9 Å². The number of hydrogen-bond donors (Lipinski definition) is 7. The van der Waals surface area contributed by atoms with Crippen LogP contribution in [-0.2, 0) is 14.3 Å². The first-order valence-electron chi connectivity index (χ1n) is 25.8. The predicted octanol–water partition coefficient (Wildman–Crippen LogP) is 10.5. The van der Waals surface area contributed by atoms with Crippen molar-refractivity contribution in [1.29, 1.82) is 0 Å². The molecule has 0 aliphatic carbocycles. The van der Waals surface area contributed by atoms with Gasteiger partial charge in [-0.2, -0.15) is 0 Å². The summed E-state index contributed by atoms with van der Waals surface area (Å²) in [5.41, 5.74) is 0. The smallest absolute Gasteiger partial charge is 0.220 e. The van der Waals surface area contributed by atoms with Crippen molar-refractivity contribution >= 4 is 5.91 Å². The maximum absolute atomic E-state index is 13.0. The van der Waals surface area contributed by atoms with Gasteiger partial charge in [0, 0.05) is 6.42 Å². The topological polar surface area (TPSA) is 169 Å². The quantitative estimate of drug-likeness (QED) is 0.0295. The molecule has 0 saturated carbocycles. The minimum absolute atomic E-state index is 0.252. The van der Waals surface area contributed by atoms with Gasteiger partial charge in [-0.05, 0) is 12.8 Å². The van der Waals surface area contributed by atoms with E-state index in [1.54, 1.807) is 0 Å². The van der Waals surface area contributed by atoms with Crippen LogP contribution in [0.5, 0.6) is 0 Å².